The molecule has 0 aromatic heterocycles. The van der Waals surface area contributed by atoms with Crippen LogP contribution in [0.3, 0.4) is 0 Å². The lowest BCUT2D eigenvalue weighted by Gasteiger charge is -2.16. The Labute approximate surface area is 59.6 Å². The van der Waals surface area contributed by atoms with E-state index in [2.05, 4.69) is 28.2 Å². The van der Waals surface area contributed by atoms with E-state index < -0.39 is 0 Å². The first kappa shape index (κ1) is 8.77. The molecule has 1 N–H and O–H groups in total. The van der Waals surface area contributed by atoms with Crippen LogP contribution >= 0.6 is 9.39 Å². The molecule has 0 bridgehead atoms. The fourth-order valence-electron chi connectivity index (χ4n) is 0.394. The highest BCUT2D eigenvalue weighted by atomic mass is 31.0. The molecule has 9 heavy (non-hydrogen) atoms. The average Bonchev–Trinajstić information content (AvgIpc) is 1.82. The van der Waals surface area contributed by atoms with Crippen LogP contribution in [0.1, 0.15) is 13.3 Å². The van der Waals surface area contributed by atoms with Gasteiger partial charge in [-0.05, 0) is 15.8 Å². The third-order valence-corrected chi connectivity index (χ3v) is 1.32. The summed E-state index contributed by atoms with van der Waals surface area (Å²) in [6.07, 6.45) is 1.14. The molecule has 0 saturated heterocycles. The van der Waals surface area contributed by atoms with Crippen LogP contribution in [0.15, 0.2) is 12.4 Å². The van der Waals surface area contributed by atoms with Crippen molar-refractivity contribution < 1.29 is 0 Å². The molecular formula is C6H15N2P. The molecule has 0 aliphatic heterocycles. The van der Waals surface area contributed by atoms with Crippen molar-refractivity contribution >= 4 is 9.39 Å². The van der Waals surface area contributed by atoms with E-state index in [1.165, 1.54) is 0 Å². The van der Waals surface area contributed by atoms with Crippen LogP contribution in [0, 0.1) is 0 Å². The predicted molar refractivity (Wildman–Crippen MR) is 44.9 cm³/mol. The van der Waals surface area contributed by atoms with Crippen LogP contribution < -0.4 is 5.32 Å². The van der Waals surface area contributed by atoms with E-state index >= 15 is 0 Å². The maximum absolute atomic E-state index is 3.79. The second-order valence-electron chi connectivity index (χ2n) is 1.98. The minimum atomic E-state index is 0.946. The summed E-state index contributed by atoms with van der Waals surface area (Å²) in [6, 6.07) is 0. The van der Waals surface area contributed by atoms with Crippen LogP contribution in [0.2, 0.25) is 0 Å². The Bertz CT molecular complexity index is 91.1. The second-order valence-corrected chi connectivity index (χ2v) is 2.76. The molecule has 0 aliphatic carbocycles. The molecule has 0 saturated carbocycles. The van der Waals surface area contributed by atoms with Crippen LogP contribution in [-0.2, 0) is 0 Å². The van der Waals surface area contributed by atoms with Crippen molar-refractivity contribution in [2.75, 3.05) is 13.6 Å². The Kier molecular flexibility index (Phi) is 4.51. The van der Waals surface area contributed by atoms with Gasteiger partial charge in [0, 0.05) is 13.6 Å². The van der Waals surface area contributed by atoms with Crippen LogP contribution in [0.25, 0.3) is 0 Å². The van der Waals surface area contributed by atoms with Gasteiger partial charge >= 0.3 is 0 Å². The van der Waals surface area contributed by atoms with Crippen LogP contribution in [0.5, 0.6) is 0 Å². The summed E-state index contributed by atoms with van der Waals surface area (Å²) in [5.74, 6) is 0.946. The van der Waals surface area contributed by atoms with Crippen molar-refractivity contribution in [1.29, 1.82) is 0 Å². The van der Waals surface area contributed by atoms with Gasteiger partial charge in [-0.2, -0.15) is 0 Å². The normalized spacial score (nSPS) is 8.78. The lowest BCUT2D eigenvalue weighted by atomic mass is 10.5. The monoisotopic (exact) mass is 146 g/mol. The van der Waals surface area contributed by atoms with Crippen molar-refractivity contribution in [3.8, 4) is 0 Å². The summed E-state index contributed by atoms with van der Waals surface area (Å²) in [4.78, 5) is 0. The molecule has 0 aromatic rings. The second kappa shape index (κ2) is 4.63. The van der Waals surface area contributed by atoms with E-state index in [4.69, 9.17) is 0 Å². The molecule has 0 spiro atoms. The average molecular weight is 146 g/mol. The van der Waals surface area contributed by atoms with E-state index in [-0.39, 0.29) is 0 Å². The Morgan fingerprint density at radius 3 is 2.67 bits per heavy atom. The number of hydrogen-bond donors (Lipinski definition) is 1. The zero-order chi connectivity index (χ0) is 7.28. The van der Waals surface area contributed by atoms with Crippen molar-refractivity contribution in [3.05, 3.63) is 12.4 Å². The highest BCUT2D eigenvalue weighted by molar-refractivity contribution is 7.13. The quantitative estimate of drug-likeness (QED) is 0.599. The highest BCUT2D eigenvalue weighted by Gasteiger charge is 1.90. The first-order valence-electron chi connectivity index (χ1n) is 3.09. The topological polar surface area (TPSA) is 15.3 Å². The zero-order valence-electron chi connectivity index (χ0n) is 6.15. The molecule has 0 heterocycles. The molecule has 0 aliphatic rings. The van der Waals surface area contributed by atoms with E-state index in [0.29, 0.717) is 0 Å². The summed E-state index contributed by atoms with van der Waals surface area (Å²) in [6.45, 7) is 6.91. The van der Waals surface area contributed by atoms with Gasteiger partial charge < -0.3 is 9.99 Å². The molecule has 0 radical (unpaired) electrons. The molecule has 0 aromatic carbocycles. The SMILES string of the molecule is C=C(NCCC)N(C)P. The summed E-state index contributed by atoms with van der Waals surface area (Å²) in [7, 11) is 4.48. The standard InChI is InChI=1S/C6H15N2P/c1-4-5-7-6(2)8(3)9/h7H,2,4-5,9H2,1,3H3. The van der Waals surface area contributed by atoms with Gasteiger partial charge in [0.1, 0.15) is 0 Å². The summed E-state index contributed by atoms with van der Waals surface area (Å²) in [5, 5.41) is 3.14. The maximum Gasteiger partial charge on any atom is 0.0965 e. The van der Waals surface area contributed by atoms with Gasteiger partial charge in [-0.1, -0.05) is 13.5 Å². The summed E-state index contributed by atoms with van der Waals surface area (Å²) < 4.78 is 1.88. The van der Waals surface area contributed by atoms with Gasteiger partial charge in [0.2, 0.25) is 0 Å². The van der Waals surface area contributed by atoms with Crippen LogP contribution in [0.4, 0.5) is 0 Å². The maximum atomic E-state index is 3.79. The molecule has 1 unspecified atom stereocenters. The lowest BCUT2D eigenvalue weighted by Crippen LogP contribution is -2.21. The smallest absolute Gasteiger partial charge is 0.0965 e. The first-order valence-corrected chi connectivity index (χ1v) is 3.61. The molecule has 0 rings (SSSR count). The van der Waals surface area contributed by atoms with E-state index in [9.17, 15) is 0 Å². The van der Waals surface area contributed by atoms with Gasteiger partial charge in [0.05, 0.1) is 5.82 Å². The molecule has 0 fully saturated rings. The largest absolute Gasteiger partial charge is 0.372 e. The Balaban J connectivity index is 3.28. The van der Waals surface area contributed by atoms with Gasteiger partial charge in [0.15, 0.2) is 0 Å². The minimum Gasteiger partial charge on any atom is -0.372 e. The molecule has 2 nitrogen and oxygen atoms in total. The summed E-state index contributed by atoms with van der Waals surface area (Å²) >= 11 is 0. The lowest BCUT2D eigenvalue weighted by molar-refractivity contribution is 0.597. The third kappa shape index (κ3) is 4.28. The van der Waals surface area contributed by atoms with Crippen LogP contribution in [-0.4, -0.2) is 18.3 Å². The Hall–Kier alpha value is -0.230. The van der Waals surface area contributed by atoms with E-state index in [1.807, 2.05) is 11.7 Å². The van der Waals surface area contributed by atoms with Gasteiger partial charge in [0.25, 0.3) is 0 Å². The minimum absolute atomic E-state index is 0.946. The van der Waals surface area contributed by atoms with E-state index in [0.717, 1.165) is 18.8 Å². The number of rotatable bonds is 4. The summed E-state index contributed by atoms with van der Waals surface area (Å²) in [5.41, 5.74) is 0. The Morgan fingerprint density at radius 1 is 1.78 bits per heavy atom. The van der Waals surface area contributed by atoms with Gasteiger partial charge in [-0.3, -0.25) is 0 Å². The third-order valence-electron chi connectivity index (χ3n) is 1.00. The first-order chi connectivity index (χ1) is 4.18. The predicted octanol–water partition coefficient (Wildman–Crippen LogP) is 1.18. The number of nitrogens with zero attached hydrogens (tertiary/aromatic N) is 1. The van der Waals surface area contributed by atoms with Crippen molar-refractivity contribution in [2.24, 2.45) is 0 Å². The van der Waals surface area contributed by atoms with Crippen molar-refractivity contribution in [1.82, 2.24) is 9.99 Å². The number of hydrogen-bond acceptors (Lipinski definition) is 2. The van der Waals surface area contributed by atoms with Crippen molar-refractivity contribution in [2.45, 2.75) is 13.3 Å². The van der Waals surface area contributed by atoms with Gasteiger partial charge in [-0.15, -0.1) is 0 Å². The fraction of sp³-hybridized carbons (Fsp3) is 0.667. The number of nitrogens with one attached hydrogen (secondary N) is 1. The molecule has 3 heteroatoms. The van der Waals surface area contributed by atoms with E-state index in [1.54, 1.807) is 0 Å². The molecule has 54 valence electrons. The molecule has 0 amide bonds. The van der Waals surface area contributed by atoms with Crippen molar-refractivity contribution in [3.63, 3.8) is 0 Å². The fourth-order valence-corrected chi connectivity index (χ4v) is 0.485. The molecular weight excluding hydrogens is 131 g/mol. The molecule has 1 atom stereocenters. The van der Waals surface area contributed by atoms with Gasteiger partial charge in [-0.25, -0.2) is 0 Å². The highest BCUT2D eigenvalue weighted by Crippen LogP contribution is 1.99. The Morgan fingerprint density at radius 2 is 2.33 bits per heavy atom. The zero-order valence-corrected chi connectivity index (χ0v) is 7.30.